The van der Waals surface area contributed by atoms with Crippen LogP contribution in [0.15, 0.2) is 61.4 Å². The average Bonchev–Trinajstić information content (AvgIpc) is 2.40. The second-order valence-electron chi connectivity index (χ2n) is 3.72. The Balaban J connectivity index is 2.51. The summed E-state index contributed by atoms with van der Waals surface area (Å²) in [4.78, 5) is 3.96. The van der Waals surface area contributed by atoms with Crippen LogP contribution in [0.2, 0.25) is 0 Å². The molecule has 0 aliphatic heterocycles. The maximum absolute atomic E-state index is 12.9. The lowest BCUT2D eigenvalue weighted by Gasteiger charge is -2.25. The van der Waals surface area contributed by atoms with Gasteiger partial charge < -0.3 is 5.11 Å². The zero-order valence-electron chi connectivity index (χ0n) is 9.18. The molecular formula is C14H12FNO. The van der Waals surface area contributed by atoms with Gasteiger partial charge in [0, 0.05) is 18.0 Å². The molecule has 2 rings (SSSR count). The number of rotatable bonds is 3. The van der Waals surface area contributed by atoms with E-state index in [4.69, 9.17) is 0 Å². The van der Waals surface area contributed by atoms with Crippen LogP contribution in [0.5, 0.6) is 0 Å². The van der Waals surface area contributed by atoms with E-state index in [-0.39, 0.29) is 5.82 Å². The molecule has 1 heterocycles. The van der Waals surface area contributed by atoms with Crippen LogP contribution >= 0.6 is 0 Å². The van der Waals surface area contributed by atoms with Gasteiger partial charge >= 0.3 is 0 Å². The number of nitrogens with zero attached hydrogens (tertiary/aromatic N) is 1. The van der Waals surface area contributed by atoms with Crippen molar-refractivity contribution < 1.29 is 9.50 Å². The molecular weight excluding hydrogens is 217 g/mol. The molecule has 0 saturated heterocycles. The number of pyridine rings is 1. The van der Waals surface area contributed by atoms with E-state index in [9.17, 15) is 9.50 Å². The molecule has 1 N–H and O–H groups in total. The Hall–Kier alpha value is -2.00. The third kappa shape index (κ3) is 2.10. The first-order valence-electron chi connectivity index (χ1n) is 5.19. The van der Waals surface area contributed by atoms with Crippen LogP contribution in [0, 0.1) is 5.82 Å². The number of aromatic nitrogens is 1. The third-order valence-corrected chi connectivity index (χ3v) is 2.68. The summed E-state index contributed by atoms with van der Waals surface area (Å²) in [5, 5.41) is 10.6. The molecule has 1 atom stereocenters. The number of benzene rings is 1. The first-order chi connectivity index (χ1) is 8.16. The number of aliphatic hydroxyl groups is 1. The molecule has 0 amide bonds. The number of halogens is 1. The van der Waals surface area contributed by atoms with Crippen molar-refractivity contribution in [2.45, 2.75) is 5.60 Å². The number of hydrogen-bond donors (Lipinski definition) is 1. The topological polar surface area (TPSA) is 33.1 Å². The molecule has 17 heavy (non-hydrogen) atoms. The summed E-state index contributed by atoms with van der Waals surface area (Å²) in [6, 6.07) is 9.15. The van der Waals surface area contributed by atoms with Crippen molar-refractivity contribution in [1.29, 1.82) is 0 Å². The van der Waals surface area contributed by atoms with E-state index < -0.39 is 5.60 Å². The van der Waals surface area contributed by atoms with Crippen LogP contribution in [0.25, 0.3) is 0 Å². The van der Waals surface area contributed by atoms with Crippen LogP contribution in [0.3, 0.4) is 0 Å². The molecule has 0 bridgehead atoms. The SMILES string of the molecule is C=CC(O)(c1ccc(F)cc1)c1cccnc1. The van der Waals surface area contributed by atoms with E-state index in [1.165, 1.54) is 30.3 Å². The zero-order valence-corrected chi connectivity index (χ0v) is 9.18. The molecule has 86 valence electrons. The van der Waals surface area contributed by atoms with Crippen molar-refractivity contribution in [3.8, 4) is 0 Å². The predicted octanol–water partition coefficient (Wildman–Crippen LogP) is 2.64. The van der Waals surface area contributed by atoms with Gasteiger partial charge in [0.25, 0.3) is 0 Å². The van der Waals surface area contributed by atoms with Gasteiger partial charge in [-0.3, -0.25) is 4.98 Å². The van der Waals surface area contributed by atoms with Gasteiger partial charge in [-0.05, 0) is 23.8 Å². The van der Waals surface area contributed by atoms with Crippen molar-refractivity contribution in [2.75, 3.05) is 0 Å². The van der Waals surface area contributed by atoms with Gasteiger partial charge in [0.1, 0.15) is 11.4 Å². The Kier molecular flexibility index (Phi) is 3.02. The Morgan fingerprint density at radius 1 is 1.18 bits per heavy atom. The molecule has 0 spiro atoms. The van der Waals surface area contributed by atoms with E-state index in [0.29, 0.717) is 11.1 Å². The summed E-state index contributed by atoms with van der Waals surface area (Å²) < 4.78 is 12.9. The summed E-state index contributed by atoms with van der Waals surface area (Å²) in [5.41, 5.74) is -0.189. The minimum absolute atomic E-state index is 0.341. The molecule has 2 aromatic rings. The monoisotopic (exact) mass is 229 g/mol. The van der Waals surface area contributed by atoms with Gasteiger partial charge in [0.05, 0.1) is 0 Å². The second-order valence-corrected chi connectivity index (χ2v) is 3.72. The predicted molar refractivity (Wildman–Crippen MR) is 63.8 cm³/mol. The zero-order chi connectivity index (χ0) is 12.3. The average molecular weight is 229 g/mol. The van der Waals surface area contributed by atoms with Crippen molar-refractivity contribution in [2.24, 2.45) is 0 Å². The van der Waals surface area contributed by atoms with E-state index in [1.54, 1.807) is 24.5 Å². The minimum atomic E-state index is -1.35. The molecule has 1 aromatic heterocycles. The highest BCUT2D eigenvalue weighted by Crippen LogP contribution is 2.30. The van der Waals surface area contributed by atoms with E-state index >= 15 is 0 Å². The Morgan fingerprint density at radius 3 is 2.41 bits per heavy atom. The van der Waals surface area contributed by atoms with Crippen LogP contribution in [0.4, 0.5) is 4.39 Å². The number of hydrogen-bond acceptors (Lipinski definition) is 2. The first-order valence-corrected chi connectivity index (χ1v) is 5.19. The van der Waals surface area contributed by atoms with Crippen molar-refractivity contribution in [1.82, 2.24) is 4.98 Å². The summed E-state index contributed by atoms with van der Waals surface area (Å²) in [6.07, 6.45) is 4.60. The second kappa shape index (κ2) is 4.47. The largest absolute Gasteiger partial charge is 0.377 e. The van der Waals surface area contributed by atoms with Crippen LogP contribution in [-0.2, 0) is 5.60 Å². The standard InChI is InChI=1S/C14H12FNO/c1-2-14(17,12-4-3-9-16-10-12)11-5-7-13(15)8-6-11/h2-10,17H,1H2. The van der Waals surface area contributed by atoms with Crippen molar-refractivity contribution in [3.63, 3.8) is 0 Å². The molecule has 0 radical (unpaired) electrons. The molecule has 1 unspecified atom stereocenters. The molecule has 0 aliphatic carbocycles. The van der Waals surface area contributed by atoms with Crippen molar-refractivity contribution >= 4 is 0 Å². The Labute approximate surface area is 99.1 Å². The fraction of sp³-hybridized carbons (Fsp3) is 0.0714. The molecule has 1 aromatic carbocycles. The highest BCUT2D eigenvalue weighted by atomic mass is 19.1. The fourth-order valence-electron chi connectivity index (χ4n) is 1.69. The van der Waals surface area contributed by atoms with Gasteiger partial charge in [0.15, 0.2) is 0 Å². The smallest absolute Gasteiger partial charge is 0.134 e. The van der Waals surface area contributed by atoms with Crippen LogP contribution < -0.4 is 0 Å². The van der Waals surface area contributed by atoms with Gasteiger partial charge in [-0.25, -0.2) is 4.39 Å². The molecule has 0 aliphatic rings. The van der Waals surface area contributed by atoms with Gasteiger partial charge in [0.2, 0.25) is 0 Å². The van der Waals surface area contributed by atoms with E-state index in [2.05, 4.69) is 11.6 Å². The highest BCUT2D eigenvalue weighted by molar-refractivity contribution is 5.38. The minimum Gasteiger partial charge on any atom is -0.377 e. The highest BCUT2D eigenvalue weighted by Gasteiger charge is 2.27. The molecule has 2 nitrogen and oxygen atoms in total. The first kappa shape index (κ1) is 11.5. The van der Waals surface area contributed by atoms with Crippen LogP contribution in [-0.4, -0.2) is 10.1 Å². The van der Waals surface area contributed by atoms with Gasteiger partial charge in [-0.1, -0.05) is 30.9 Å². The Morgan fingerprint density at radius 2 is 1.88 bits per heavy atom. The lowest BCUT2D eigenvalue weighted by atomic mass is 9.87. The quantitative estimate of drug-likeness (QED) is 0.821. The van der Waals surface area contributed by atoms with Crippen molar-refractivity contribution in [3.05, 3.63) is 78.4 Å². The summed E-state index contributed by atoms with van der Waals surface area (Å²) in [6.45, 7) is 3.64. The Bertz CT molecular complexity index is 510. The fourth-order valence-corrected chi connectivity index (χ4v) is 1.69. The third-order valence-electron chi connectivity index (χ3n) is 2.68. The summed E-state index contributed by atoms with van der Waals surface area (Å²) in [5.74, 6) is -0.341. The van der Waals surface area contributed by atoms with Gasteiger partial charge in [-0.2, -0.15) is 0 Å². The maximum atomic E-state index is 12.9. The lowest BCUT2D eigenvalue weighted by Crippen LogP contribution is -2.24. The molecule has 0 saturated carbocycles. The lowest BCUT2D eigenvalue weighted by molar-refractivity contribution is 0.134. The van der Waals surface area contributed by atoms with Gasteiger partial charge in [-0.15, -0.1) is 0 Å². The summed E-state index contributed by atoms with van der Waals surface area (Å²) >= 11 is 0. The van der Waals surface area contributed by atoms with Crippen LogP contribution in [0.1, 0.15) is 11.1 Å². The summed E-state index contributed by atoms with van der Waals surface area (Å²) in [7, 11) is 0. The molecule has 0 fully saturated rings. The molecule has 3 heteroatoms. The maximum Gasteiger partial charge on any atom is 0.134 e. The normalized spacial score (nSPS) is 14.0. The van der Waals surface area contributed by atoms with E-state index in [0.717, 1.165) is 0 Å². The van der Waals surface area contributed by atoms with E-state index in [1.807, 2.05) is 0 Å².